The smallest absolute Gasteiger partial charge is 0.0677 e. The first-order valence-electron chi connectivity index (χ1n) is 9.83. The van der Waals surface area contributed by atoms with Gasteiger partial charge in [0.05, 0.1) is 12.7 Å². The lowest BCUT2D eigenvalue weighted by Gasteiger charge is -2.51. The molecule has 4 aliphatic rings. The van der Waals surface area contributed by atoms with Crippen molar-refractivity contribution in [2.45, 2.75) is 51.0 Å². The number of nitrogens with zero attached hydrogens (tertiary/aromatic N) is 1. The van der Waals surface area contributed by atoms with Crippen molar-refractivity contribution in [3.05, 3.63) is 0 Å². The van der Waals surface area contributed by atoms with Gasteiger partial charge in [-0.25, -0.2) is 0 Å². The monoisotopic (exact) mass is 323 g/mol. The summed E-state index contributed by atoms with van der Waals surface area (Å²) in [5, 5.41) is 0. The molecule has 1 aliphatic carbocycles. The van der Waals surface area contributed by atoms with Crippen LogP contribution in [0.2, 0.25) is 0 Å². The predicted molar refractivity (Wildman–Crippen MR) is 89.6 cm³/mol. The van der Waals surface area contributed by atoms with Crippen molar-refractivity contribution in [2.75, 3.05) is 52.7 Å². The summed E-state index contributed by atoms with van der Waals surface area (Å²) in [6.45, 7) is 8.40. The molecule has 0 aromatic heterocycles. The van der Waals surface area contributed by atoms with E-state index in [1.165, 1.54) is 64.6 Å². The molecule has 132 valence electrons. The van der Waals surface area contributed by atoms with Crippen LogP contribution in [0.4, 0.5) is 0 Å². The van der Waals surface area contributed by atoms with Crippen LogP contribution in [0.3, 0.4) is 0 Å². The maximum atomic E-state index is 6.17. The van der Waals surface area contributed by atoms with Crippen LogP contribution in [0.1, 0.15) is 44.9 Å². The Bertz CT molecular complexity index is 381. The molecule has 23 heavy (non-hydrogen) atoms. The van der Waals surface area contributed by atoms with Gasteiger partial charge < -0.3 is 19.1 Å². The van der Waals surface area contributed by atoms with Gasteiger partial charge in [-0.2, -0.15) is 0 Å². The first kappa shape index (κ1) is 16.3. The zero-order valence-corrected chi connectivity index (χ0v) is 14.5. The molecule has 4 fully saturated rings. The fraction of sp³-hybridized carbons (Fsp3) is 1.00. The molecule has 0 radical (unpaired) electrons. The quantitative estimate of drug-likeness (QED) is 0.752. The molecule has 2 atom stereocenters. The molecule has 3 aliphatic heterocycles. The second-order valence-corrected chi connectivity index (χ2v) is 8.36. The van der Waals surface area contributed by atoms with Crippen LogP contribution in [-0.2, 0) is 14.2 Å². The summed E-state index contributed by atoms with van der Waals surface area (Å²) < 4.78 is 17.9. The van der Waals surface area contributed by atoms with Crippen molar-refractivity contribution < 1.29 is 14.2 Å². The minimum atomic E-state index is 0.260. The Hall–Kier alpha value is -0.160. The SMILES string of the molecule is C1CO[C@@H]2CCN(CC3CCOCC3)C[C@]2(COCC2CC2)C1. The van der Waals surface area contributed by atoms with Crippen molar-refractivity contribution in [2.24, 2.45) is 17.3 Å². The van der Waals surface area contributed by atoms with Gasteiger partial charge in [0, 0.05) is 51.5 Å². The molecule has 0 aromatic rings. The van der Waals surface area contributed by atoms with Crippen LogP contribution in [0.5, 0.6) is 0 Å². The normalized spacial score (nSPS) is 36.8. The molecule has 4 heteroatoms. The molecule has 4 nitrogen and oxygen atoms in total. The number of piperidine rings is 1. The minimum Gasteiger partial charge on any atom is -0.381 e. The molecule has 4 rings (SSSR count). The highest BCUT2D eigenvalue weighted by Crippen LogP contribution is 2.41. The first-order valence-corrected chi connectivity index (χ1v) is 9.83. The lowest BCUT2D eigenvalue weighted by molar-refractivity contribution is -0.155. The third-order valence-corrected chi connectivity index (χ3v) is 6.36. The van der Waals surface area contributed by atoms with Gasteiger partial charge in [0.2, 0.25) is 0 Å². The fourth-order valence-electron chi connectivity index (χ4n) is 4.76. The molecule has 0 bridgehead atoms. The Morgan fingerprint density at radius 1 is 1.00 bits per heavy atom. The summed E-state index contributed by atoms with van der Waals surface area (Å²) in [6.07, 6.45) is 9.34. The Morgan fingerprint density at radius 3 is 2.70 bits per heavy atom. The van der Waals surface area contributed by atoms with E-state index in [0.717, 1.165) is 44.9 Å². The standard InChI is InChI=1S/C19H33NO3/c1-7-19(15-22-13-17-2-3-17)14-20(8-4-18(19)23-9-1)12-16-5-10-21-11-6-16/h16-18H,1-15H2/t18-,19+/m1/s1. The zero-order valence-electron chi connectivity index (χ0n) is 14.5. The zero-order chi connectivity index (χ0) is 15.5. The van der Waals surface area contributed by atoms with Crippen LogP contribution >= 0.6 is 0 Å². The van der Waals surface area contributed by atoms with Crippen LogP contribution in [0.15, 0.2) is 0 Å². The van der Waals surface area contributed by atoms with Gasteiger partial charge in [-0.1, -0.05) is 0 Å². The Kier molecular flexibility index (Phi) is 5.24. The van der Waals surface area contributed by atoms with Crippen molar-refractivity contribution >= 4 is 0 Å². The predicted octanol–water partition coefficient (Wildman–Crippen LogP) is 2.71. The lowest BCUT2D eigenvalue weighted by Crippen LogP contribution is -2.57. The van der Waals surface area contributed by atoms with Crippen LogP contribution in [-0.4, -0.2) is 63.7 Å². The number of hydrogen-bond donors (Lipinski definition) is 0. The molecular weight excluding hydrogens is 290 g/mol. The van der Waals surface area contributed by atoms with Gasteiger partial charge >= 0.3 is 0 Å². The van der Waals surface area contributed by atoms with E-state index < -0.39 is 0 Å². The van der Waals surface area contributed by atoms with Gasteiger partial charge in [0.25, 0.3) is 0 Å². The van der Waals surface area contributed by atoms with Crippen LogP contribution < -0.4 is 0 Å². The maximum absolute atomic E-state index is 6.17. The third-order valence-electron chi connectivity index (χ3n) is 6.36. The maximum Gasteiger partial charge on any atom is 0.0677 e. The van der Waals surface area contributed by atoms with Gasteiger partial charge in [-0.3, -0.25) is 0 Å². The highest BCUT2D eigenvalue weighted by molar-refractivity contribution is 4.97. The number of hydrogen-bond acceptors (Lipinski definition) is 4. The summed E-state index contributed by atoms with van der Waals surface area (Å²) in [4.78, 5) is 2.71. The first-order chi connectivity index (χ1) is 11.3. The Balaban J connectivity index is 1.35. The molecule has 0 unspecified atom stereocenters. The fourth-order valence-corrected chi connectivity index (χ4v) is 4.76. The minimum absolute atomic E-state index is 0.260. The van der Waals surface area contributed by atoms with E-state index in [1.54, 1.807) is 0 Å². The number of likely N-dealkylation sites (tertiary alicyclic amines) is 1. The summed E-state index contributed by atoms with van der Waals surface area (Å²) in [5.41, 5.74) is 0.260. The second-order valence-electron chi connectivity index (χ2n) is 8.36. The topological polar surface area (TPSA) is 30.9 Å². The van der Waals surface area contributed by atoms with Crippen LogP contribution in [0, 0.1) is 17.3 Å². The summed E-state index contributed by atoms with van der Waals surface area (Å²) in [7, 11) is 0. The summed E-state index contributed by atoms with van der Waals surface area (Å²) in [5.74, 6) is 1.69. The largest absolute Gasteiger partial charge is 0.381 e. The average Bonchev–Trinajstić information content (AvgIpc) is 3.40. The van der Waals surface area contributed by atoms with Gasteiger partial charge in [-0.05, 0) is 56.8 Å². The molecule has 0 spiro atoms. The third kappa shape index (κ3) is 4.09. The van der Waals surface area contributed by atoms with Gasteiger partial charge in [0.1, 0.15) is 0 Å². The van der Waals surface area contributed by atoms with Crippen molar-refractivity contribution in [1.29, 1.82) is 0 Å². The van der Waals surface area contributed by atoms with E-state index in [2.05, 4.69) is 4.90 Å². The van der Waals surface area contributed by atoms with Crippen LogP contribution in [0.25, 0.3) is 0 Å². The molecule has 1 saturated carbocycles. The molecule has 3 heterocycles. The second kappa shape index (κ2) is 7.38. The van der Waals surface area contributed by atoms with E-state index in [0.29, 0.717) is 6.10 Å². The Morgan fingerprint density at radius 2 is 1.87 bits per heavy atom. The van der Waals surface area contributed by atoms with E-state index in [4.69, 9.17) is 14.2 Å². The Labute approximate surface area is 140 Å². The summed E-state index contributed by atoms with van der Waals surface area (Å²) in [6, 6.07) is 0. The van der Waals surface area contributed by atoms with Gasteiger partial charge in [0.15, 0.2) is 0 Å². The molecular formula is C19H33NO3. The number of rotatable bonds is 6. The van der Waals surface area contributed by atoms with E-state index >= 15 is 0 Å². The van der Waals surface area contributed by atoms with Crippen molar-refractivity contribution in [3.63, 3.8) is 0 Å². The number of fused-ring (bicyclic) bond motifs is 1. The molecule has 0 N–H and O–H groups in total. The summed E-state index contributed by atoms with van der Waals surface area (Å²) >= 11 is 0. The average molecular weight is 323 g/mol. The molecule has 3 saturated heterocycles. The molecule has 0 aromatic carbocycles. The van der Waals surface area contributed by atoms with Crippen molar-refractivity contribution in [3.8, 4) is 0 Å². The van der Waals surface area contributed by atoms with E-state index in [1.807, 2.05) is 0 Å². The van der Waals surface area contributed by atoms with Crippen molar-refractivity contribution in [1.82, 2.24) is 4.90 Å². The van der Waals surface area contributed by atoms with E-state index in [-0.39, 0.29) is 5.41 Å². The highest BCUT2D eigenvalue weighted by Gasteiger charge is 2.46. The number of ether oxygens (including phenoxy) is 3. The lowest BCUT2D eigenvalue weighted by atomic mass is 9.72. The van der Waals surface area contributed by atoms with Gasteiger partial charge in [-0.15, -0.1) is 0 Å². The molecule has 0 amide bonds. The van der Waals surface area contributed by atoms with E-state index in [9.17, 15) is 0 Å². The highest BCUT2D eigenvalue weighted by atomic mass is 16.5.